The molecule has 0 N–H and O–H groups in total. The Hall–Kier alpha value is -6.18. The quantitative estimate of drug-likeness (QED) is 0.175. The second kappa shape index (κ2) is 12.1. The smallest absolute Gasteiger partial charge is 0.0465 e. The third kappa shape index (κ3) is 5.11. The van der Waals surface area contributed by atoms with Gasteiger partial charge in [0, 0.05) is 22.5 Å². The molecule has 0 heterocycles. The van der Waals surface area contributed by atoms with Crippen molar-refractivity contribution >= 4 is 27.8 Å². The minimum atomic E-state index is -0.153. The predicted octanol–water partition coefficient (Wildman–Crippen LogP) is 13.6. The maximum atomic E-state index is 2.43. The van der Waals surface area contributed by atoms with Crippen LogP contribution in [0, 0.1) is 0 Å². The fraction of sp³-hybridized carbons (Fsp3) is 0.0612. The van der Waals surface area contributed by atoms with Crippen LogP contribution in [0.2, 0.25) is 0 Å². The van der Waals surface area contributed by atoms with E-state index in [4.69, 9.17) is 0 Å². The topological polar surface area (TPSA) is 3.24 Å². The zero-order valence-electron chi connectivity index (χ0n) is 28.3. The Balaban J connectivity index is 1.07. The standard InChI is InChI=1S/C49H37N/c1-49(2)47-32-39(44-19-11-15-38-14-9-10-18-43(38)44)26-30-45(47)46-31-29-42(33-48(46)49)50(40-16-7-4-8-17-40)41-27-24-37(25-28-41)36-22-20-35(21-23-36)34-12-5-3-6-13-34/h3-33H,1-2H3. The average molecular weight is 640 g/mol. The van der Waals surface area contributed by atoms with Crippen molar-refractivity contribution in [3.05, 3.63) is 199 Å². The van der Waals surface area contributed by atoms with Crippen LogP contribution >= 0.6 is 0 Å². The molecule has 0 fully saturated rings. The second-order valence-electron chi connectivity index (χ2n) is 13.8. The molecular formula is C49H37N. The molecule has 8 aromatic rings. The maximum absolute atomic E-state index is 2.43. The lowest BCUT2D eigenvalue weighted by Gasteiger charge is -2.28. The monoisotopic (exact) mass is 639 g/mol. The van der Waals surface area contributed by atoms with Crippen LogP contribution in [0.4, 0.5) is 17.1 Å². The van der Waals surface area contributed by atoms with Gasteiger partial charge in [-0.1, -0.05) is 159 Å². The highest BCUT2D eigenvalue weighted by atomic mass is 15.1. The van der Waals surface area contributed by atoms with E-state index >= 15 is 0 Å². The van der Waals surface area contributed by atoms with Gasteiger partial charge in [-0.15, -0.1) is 0 Å². The van der Waals surface area contributed by atoms with Gasteiger partial charge in [0.2, 0.25) is 0 Å². The summed E-state index contributed by atoms with van der Waals surface area (Å²) in [4.78, 5) is 2.38. The summed E-state index contributed by atoms with van der Waals surface area (Å²) in [6.45, 7) is 4.75. The first kappa shape index (κ1) is 29.9. The normalized spacial score (nSPS) is 12.8. The molecule has 1 heteroatoms. The molecule has 238 valence electrons. The van der Waals surface area contributed by atoms with Crippen LogP contribution < -0.4 is 4.90 Å². The van der Waals surface area contributed by atoms with Crippen LogP contribution in [0.15, 0.2) is 188 Å². The summed E-state index contributed by atoms with van der Waals surface area (Å²) in [7, 11) is 0. The summed E-state index contributed by atoms with van der Waals surface area (Å²) < 4.78 is 0. The molecule has 1 nitrogen and oxygen atoms in total. The van der Waals surface area contributed by atoms with Crippen LogP contribution in [0.25, 0.3) is 55.3 Å². The minimum absolute atomic E-state index is 0.153. The van der Waals surface area contributed by atoms with Gasteiger partial charge in [-0.05, 0) is 109 Å². The zero-order valence-corrected chi connectivity index (χ0v) is 28.3. The van der Waals surface area contributed by atoms with E-state index in [0.29, 0.717) is 0 Å². The van der Waals surface area contributed by atoms with E-state index in [0.717, 1.165) is 17.1 Å². The highest BCUT2D eigenvalue weighted by Gasteiger charge is 2.36. The predicted molar refractivity (Wildman–Crippen MR) is 213 cm³/mol. The summed E-state index contributed by atoms with van der Waals surface area (Å²) in [5, 5.41) is 2.56. The van der Waals surface area contributed by atoms with Gasteiger partial charge in [0.25, 0.3) is 0 Å². The van der Waals surface area contributed by atoms with Crippen molar-refractivity contribution in [2.75, 3.05) is 4.90 Å². The molecule has 0 saturated carbocycles. The molecular weight excluding hydrogens is 603 g/mol. The van der Waals surface area contributed by atoms with Crippen LogP contribution in [-0.2, 0) is 5.41 Å². The fourth-order valence-electron chi connectivity index (χ4n) is 7.82. The van der Waals surface area contributed by atoms with E-state index in [1.807, 2.05) is 0 Å². The lowest BCUT2D eigenvalue weighted by atomic mass is 9.81. The number of anilines is 3. The summed E-state index contributed by atoms with van der Waals surface area (Å²) in [5.41, 5.74) is 16.1. The first-order chi connectivity index (χ1) is 24.5. The number of nitrogens with zero attached hydrogens (tertiary/aromatic N) is 1. The molecule has 1 aliphatic carbocycles. The molecule has 9 rings (SSSR count). The molecule has 0 spiro atoms. The lowest BCUT2D eigenvalue weighted by molar-refractivity contribution is 0.660. The van der Waals surface area contributed by atoms with E-state index in [1.54, 1.807) is 0 Å². The van der Waals surface area contributed by atoms with Gasteiger partial charge in [-0.2, -0.15) is 0 Å². The Labute approximate surface area is 294 Å². The van der Waals surface area contributed by atoms with Gasteiger partial charge in [-0.3, -0.25) is 0 Å². The third-order valence-corrected chi connectivity index (χ3v) is 10.5. The zero-order chi connectivity index (χ0) is 33.7. The molecule has 0 amide bonds. The third-order valence-electron chi connectivity index (χ3n) is 10.5. The number of hydrogen-bond donors (Lipinski definition) is 0. The van der Waals surface area contributed by atoms with Crippen molar-refractivity contribution in [3.63, 3.8) is 0 Å². The van der Waals surface area contributed by atoms with E-state index in [2.05, 4.69) is 207 Å². The first-order valence-electron chi connectivity index (χ1n) is 17.4. The highest BCUT2D eigenvalue weighted by Crippen LogP contribution is 2.52. The number of hydrogen-bond acceptors (Lipinski definition) is 1. The van der Waals surface area contributed by atoms with Crippen molar-refractivity contribution in [3.8, 4) is 44.5 Å². The molecule has 0 aromatic heterocycles. The van der Waals surface area contributed by atoms with Crippen molar-refractivity contribution in [2.45, 2.75) is 19.3 Å². The van der Waals surface area contributed by atoms with Crippen molar-refractivity contribution < 1.29 is 0 Å². The van der Waals surface area contributed by atoms with Gasteiger partial charge in [0.15, 0.2) is 0 Å². The van der Waals surface area contributed by atoms with Gasteiger partial charge >= 0.3 is 0 Å². The van der Waals surface area contributed by atoms with Crippen LogP contribution in [-0.4, -0.2) is 0 Å². The Bertz CT molecular complexity index is 2470. The molecule has 0 saturated heterocycles. The van der Waals surface area contributed by atoms with Crippen LogP contribution in [0.5, 0.6) is 0 Å². The van der Waals surface area contributed by atoms with Crippen LogP contribution in [0.1, 0.15) is 25.0 Å². The molecule has 0 unspecified atom stereocenters. The summed E-state index contributed by atoms with van der Waals surface area (Å²) in [6, 6.07) is 68.5. The second-order valence-corrected chi connectivity index (χ2v) is 13.8. The van der Waals surface area contributed by atoms with E-state index < -0.39 is 0 Å². The summed E-state index contributed by atoms with van der Waals surface area (Å²) in [6.07, 6.45) is 0. The Morgan fingerprint density at radius 2 is 0.820 bits per heavy atom. The maximum Gasteiger partial charge on any atom is 0.0465 e. The Morgan fingerprint density at radius 1 is 0.340 bits per heavy atom. The van der Waals surface area contributed by atoms with Gasteiger partial charge in [-0.25, -0.2) is 0 Å². The number of para-hydroxylation sites is 1. The molecule has 50 heavy (non-hydrogen) atoms. The fourth-order valence-corrected chi connectivity index (χ4v) is 7.82. The SMILES string of the molecule is CC1(C)c2cc(-c3cccc4ccccc34)ccc2-c2ccc(N(c3ccccc3)c3ccc(-c4ccc(-c5ccccc5)cc4)cc3)cc21. The van der Waals surface area contributed by atoms with Gasteiger partial charge < -0.3 is 4.90 Å². The lowest BCUT2D eigenvalue weighted by Crippen LogP contribution is -2.16. The van der Waals surface area contributed by atoms with Gasteiger partial charge in [0.05, 0.1) is 0 Å². The minimum Gasteiger partial charge on any atom is -0.310 e. The number of rotatable bonds is 6. The van der Waals surface area contributed by atoms with Crippen molar-refractivity contribution in [2.24, 2.45) is 0 Å². The average Bonchev–Trinajstić information content (AvgIpc) is 3.40. The summed E-state index contributed by atoms with van der Waals surface area (Å²) >= 11 is 0. The Kier molecular flexibility index (Phi) is 7.21. The van der Waals surface area contributed by atoms with Crippen LogP contribution in [0.3, 0.4) is 0 Å². The van der Waals surface area contributed by atoms with E-state index in [1.165, 1.54) is 66.4 Å². The molecule has 0 bridgehead atoms. The first-order valence-corrected chi connectivity index (χ1v) is 17.4. The highest BCUT2D eigenvalue weighted by molar-refractivity contribution is 5.98. The Morgan fingerprint density at radius 3 is 1.52 bits per heavy atom. The van der Waals surface area contributed by atoms with E-state index in [-0.39, 0.29) is 5.41 Å². The molecule has 1 aliphatic rings. The molecule has 0 radical (unpaired) electrons. The number of benzene rings is 8. The van der Waals surface area contributed by atoms with E-state index in [9.17, 15) is 0 Å². The molecule has 0 atom stereocenters. The van der Waals surface area contributed by atoms with Crippen molar-refractivity contribution in [1.82, 2.24) is 0 Å². The van der Waals surface area contributed by atoms with Gasteiger partial charge in [0.1, 0.15) is 0 Å². The number of fused-ring (bicyclic) bond motifs is 4. The summed E-state index contributed by atoms with van der Waals surface area (Å²) in [5.74, 6) is 0. The largest absolute Gasteiger partial charge is 0.310 e. The molecule has 8 aromatic carbocycles. The van der Waals surface area contributed by atoms with Crippen molar-refractivity contribution in [1.29, 1.82) is 0 Å². The molecule has 0 aliphatic heterocycles.